The molecule has 2 aromatic heterocycles. The average molecular weight is 337 g/mol. The van der Waals surface area contributed by atoms with Gasteiger partial charge in [-0.25, -0.2) is 9.37 Å². The van der Waals surface area contributed by atoms with Gasteiger partial charge in [-0.2, -0.15) is 0 Å². The van der Waals surface area contributed by atoms with Crippen molar-refractivity contribution in [2.75, 3.05) is 6.54 Å². The SMILES string of the molecule is O=C(NCC1(c2ccc(F)cc2)CCCC1)c1ccc2nccn2c1. The predicted octanol–water partition coefficient (Wildman–Crippen LogP) is 3.72. The van der Waals surface area contributed by atoms with Crippen molar-refractivity contribution in [2.45, 2.75) is 31.1 Å². The normalized spacial score (nSPS) is 16.2. The third kappa shape index (κ3) is 3.02. The number of nitrogens with one attached hydrogen (secondary N) is 1. The molecule has 1 aliphatic rings. The zero-order valence-corrected chi connectivity index (χ0v) is 13.9. The molecule has 0 atom stereocenters. The van der Waals surface area contributed by atoms with Gasteiger partial charge in [-0.3, -0.25) is 4.79 Å². The van der Waals surface area contributed by atoms with Gasteiger partial charge in [0.1, 0.15) is 11.5 Å². The summed E-state index contributed by atoms with van der Waals surface area (Å²) in [5.74, 6) is -0.321. The topological polar surface area (TPSA) is 46.4 Å². The highest BCUT2D eigenvalue weighted by molar-refractivity contribution is 5.94. The maximum Gasteiger partial charge on any atom is 0.252 e. The molecule has 0 aliphatic heterocycles. The Balaban J connectivity index is 1.53. The Morgan fingerprint density at radius 3 is 2.68 bits per heavy atom. The molecule has 2 heterocycles. The Morgan fingerprint density at radius 1 is 1.16 bits per heavy atom. The summed E-state index contributed by atoms with van der Waals surface area (Å²) in [6.07, 6.45) is 9.61. The van der Waals surface area contributed by atoms with E-state index in [1.165, 1.54) is 12.1 Å². The number of hydrogen-bond acceptors (Lipinski definition) is 2. The second-order valence-corrected chi connectivity index (χ2v) is 6.79. The summed E-state index contributed by atoms with van der Waals surface area (Å²) in [7, 11) is 0. The van der Waals surface area contributed by atoms with Crippen molar-refractivity contribution in [3.63, 3.8) is 0 Å². The van der Waals surface area contributed by atoms with Crippen LogP contribution in [0.15, 0.2) is 55.0 Å². The van der Waals surface area contributed by atoms with Crippen LogP contribution in [-0.2, 0) is 5.41 Å². The summed E-state index contributed by atoms with van der Waals surface area (Å²) < 4.78 is 15.1. The summed E-state index contributed by atoms with van der Waals surface area (Å²) >= 11 is 0. The van der Waals surface area contributed by atoms with Gasteiger partial charge in [0.25, 0.3) is 5.91 Å². The minimum absolute atomic E-state index is 0.0935. The van der Waals surface area contributed by atoms with Crippen LogP contribution in [0.3, 0.4) is 0 Å². The Hall–Kier alpha value is -2.69. The fraction of sp³-hybridized carbons (Fsp3) is 0.300. The van der Waals surface area contributed by atoms with Gasteiger partial charge in [0.15, 0.2) is 0 Å². The molecule has 1 amide bonds. The first kappa shape index (κ1) is 15.8. The second kappa shape index (κ2) is 6.31. The third-order valence-corrected chi connectivity index (χ3v) is 5.26. The first-order chi connectivity index (χ1) is 12.2. The third-order valence-electron chi connectivity index (χ3n) is 5.26. The van der Waals surface area contributed by atoms with Crippen molar-refractivity contribution in [2.24, 2.45) is 0 Å². The van der Waals surface area contributed by atoms with Crippen molar-refractivity contribution in [3.05, 3.63) is 71.9 Å². The molecule has 0 bridgehead atoms. The number of rotatable bonds is 4. The van der Waals surface area contributed by atoms with Crippen LogP contribution in [0, 0.1) is 5.82 Å². The number of imidazole rings is 1. The van der Waals surface area contributed by atoms with Gasteiger partial charge in [0, 0.05) is 30.6 Å². The fourth-order valence-electron chi connectivity index (χ4n) is 3.83. The van der Waals surface area contributed by atoms with Crippen molar-refractivity contribution in [1.82, 2.24) is 14.7 Å². The summed E-state index contributed by atoms with van der Waals surface area (Å²) in [6, 6.07) is 10.3. The lowest BCUT2D eigenvalue weighted by Crippen LogP contribution is -2.39. The summed E-state index contributed by atoms with van der Waals surface area (Å²) in [4.78, 5) is 16.8. The molecule has 1 fully saturated rings. The largest absolute Gasteiger partial charge is 0.351 e. The van der Waals surface area contributed by atoms with E-state index in [0.717, 1.165) is 36.9 Å². The standard InChI is InChI=1S/C20H20FN3O/c21-17-6-4-16(5-7-17)20(9-1-2-10-20)14-23-19(25)15-3-8-18-22-11-12-24(18)13-15/h3-8,11-13H,1-2,9-10,14H2,(H,23,25). The van der Waals surface area contributed by atoms with E-state index in [0.29, 0.717) is 12.1 Å². The quantitative estimate of drug-likeness (QED) is 0.789. The molecular formula is C20H20FN3O. The van der Waals surface area contributed by atoms with Gasteiger partial charge in [0.2, 0.25) is 0 Å². The molecule has 0 saturated heterocycles. The number of amides is 1. The molecule has 5 heteroatoms. The molecule has 1 aromatic carbocycles. The fourth-order valence-corrected chi connectivity index (χ4v) is 3.83. The van der Waals surface area contributed by atoms with Crippen LogP contribution in [0.2, 0.25) is 0 Å². The highest BCUT2D eigenvalue weighted by Gasteiger charge is 2.36. The number of hydrogen-bond donors (Lipinski definition) is 1. The Bertz CT molecular complexity index is 895. The van der Waals surface area contributed by atoms with E-state index in [1.54, 1.807) is 18.5 Å². The summed E-state index contributed by atoms with van der Waals surface area (Å²) in [5.41, 5.74) is 2.44. The van der Waals surface area contributed by atoms with Gasteiger partial charge >= 0.3 is 0 Å². The predicted molar refractivity (Wildman–Crippen MR) is 94.1 cm³/mol. The molecule has 1 aliphatic carbocycles. The zero-order chi connectivity index (χ0) is 17.3. The molecule has 0 radical (unpaired) electrons. The number of nitrogens with zero attached hydrogens (tertiary/aromatic N) is 2. The van der Waals surface area contributed by atoms with Gasteiger partial charge in [-0.05, 0) is 42.7 Å². The van der Waals surface area contributed by atoms with Crippen LogP contribution in [0.1, 0.15) is 41.6 Å². The number of fused-ring (bicyclic) bond motifs is 1. The summed E-state index contributed by atoms with van der Waals surface area (Å²) in [6.45, 7) is 0.569. The Labute approximate surface area is 145 Å². The number of aromatic nitrogens is 2. The van der Waals surface area contributed by atoms with Crippen LogP contribution in [0.4, 0.5) is 4.39 Å². The van der Waals surface area contributed by atoms with Crippen molar-refractivity contribution >= 4 is 11.6 Å². The molecule has 1 N–H and O–H groups in total. The molecule has 128 valence electrons. The van der Waals surface area contributed by atoms with E-state index in [9.17, 15) is 9.18 Å². The van der Waals surface area contributed by atoms with E-state index < -0.39 is 0 Å². The Kier molecular flexibility index (Phi) is 3.99. The van der Waals surface area contributed by atoms with Gasteiger partial charge in [-0.1, -0.05) is 25.0 Å². The first-order valence-electron chi connectivity index (χ1n) is 8.63. The number of carbonyl (C=O) groups excluding carboxylic acids is 1. The maximum atomic E-state index is 13.3. The minimum Gasteiger partial charge on any atom is -0.351 e. The van der Waals surface area contributed by atoms with E-state index >= 15 is 0 Å². The molecule has 1 saturated carbocycles. The monoisotopic (exact) mass is 337 g/mol. The van der Waals surface area contributed by atoms with E-state index in [2.05, 4.69) is 10.3 Å². The minimum atomic E-state index is -0.227. The van der Waals surface area contributed by atoms with E-state index in [1.807, 2.05) is 28.8 Å². The molecule has 25 heavy (non-hydrogen) atoms. The molecule has 3 aromatic rings. The first-order valence-corrected chi connectivity index (χ1v) is 8.63. The number of carbonyl (C=O) groups is 1. The van der Waals surface area contributed by atoms with Crippen molar-refractivity contribution in [3.8, 4) is 0 Å². The number of benzene rings is 1. The average Bonchev–Trinajstić information content (AvgIpc) is 3.29. The lowest BCUT2D eigenvalue weighted by Gasteiger charge is -2.30. The molecular weight excluding hydrogens is 317 g/mol. The van der Waals surface area contributed by atoms with Crippen LogP contribution >= 0.6 is 0 Å². The lowest BCUT2D eigenvalue weighted by molar-refractivity contribution is 0.0942. The molecule has 0 unspecified atom stereocenters. The second-order valence-electron chi connectivity index (χ2n) is 6.79. The Morgan fingerprint density at radius 2 is 1.92 bits per heavy atom. The van der Waals surface area contributed by atoms with Crippen LogP contribution in [-0.4, -0.2) is 21.8 Å². The van der Waals surface area contributed by atoms with E-state index in [4.69, 9.17) is 0 Å². The van der Waals surface area contributed by atoms with Gasteiger partial charge < -0.3 is 9.72 Å². The molecule has 4 rings (SSSR count). The van der Waals surface area contributed by atoms with Crippen LogP contribution in [0.5, 0.6) is 0 Å². The molecule has 0 spiro atoms. The summed E-state index contributed by atoms with van der Waals surface area (Å²) in [5, 5.41) is 3.09. The maximum absolute atomic E-state index is 13.3. The zero-order valence-electron chi connectivity index (χ0n) is 13.9. The van der Waals surface area contributed by atoms with Gasteiger partial charge in [-0.15, -0.1) is 0 Å². The van der Waals surface area contributed by atoms with Crippen LogP contribution < -0.4 is 5.32 Å². The van der Waals surface area contributed by atoms with Crippen molar-refractivity contribution in [1.29, 1.82) is 0 Å². The molecule has 4 nitrogen and oxygen atoms in total. The van der Waals surface area contributed by atoms with Crippen molar-refractivity contribution < 1.29 is 9.18 Å². The number of pyridine rings is 1. The lowest BCUT2D eigenvalue weighted by atomic mass is 9.78. The van der Waals surface area contributed by atoms with Gasteiger partial charge in [0.05, 0.1) is 5.56 Å². The highest BCUT2D eigenvalue weighted by Crippen LogP contribution is 2.40. The smallest absolute Gasteiger partial charge is 0.252 e. The highest BCUT2D eigenvalue weighted by atomic mass is 19.1. The van der Waals surface area contributed by atoms with Crippen LogP contribution in [0.25, 0.3) is 5.65 Å². The van der Waals surface area contributed by atoms with E-state index in [-0.39, 0.29) is 17.1 Å². The number of halogens is 1.